The van der Waals surface area contributed by atoms with Gasteiger partial charge < -0.3 is 21.1 Å². The fourth-order valence-corrected chi connectivity index (χ4v) is 1.76. The van der Waals surface area contributed by atoms with Gasteiger partial charge in [-0.2, -0.15) is 0 Å². The summed E-state index contributed by atoms with van der Waals surface area (Å²) < 4.78 is 0. The molecule has 1 atom stereocenters. The summed E-state index contributed by atoms with van der Waals surface area (Å²) in [5, 5.41) is 11.3. The molecule has 0 fully saturated rings. The number of carboxylic acids is 1. The van der Waals surface area contributed by atoms with Crippen LogP contribution in [0.15, 0.2) is 0 Å². The Kier molecular flexibility index (Phi) is 8.35. The number of hydrogen-bond donors (Lipinski definition) is 3. The molecule has 0 heterocycles. The van der Waals surface area contributed by atoms with Gasteiger partial charge in [-0.1, -0.05) is 19.8 Å². The molecule has 0 unspecified atom stereocenters. The molecule has 0 aliphatic carbocycles. The van der Waals surface area contributed by atoms with Crippen molar-refractivity contribution < 1.29 is 19.5 Å². The van der Waals surface area contributed by atoms with E-state index in [1.165, 1.54) is 0 Å². The summed E-state index contributed by atoms with van der Waals surface area (Å²) in [6.07, 6.45) is 2.48. The van der Waals surface area contributed by atoms with E-state index in [0.29, 0.717) is 6.54 Å². The number of hydrogen-bond acceptors (Lipinski definition) is 3. The average molecular weight is 287 g/mol. The third-order valence-corrected chi connectivity index (χ3v) is 2.89. The number of primary amides is 1. The number of carbonyl (C=O) groups is 3. The number of carboxylic acid groups (broad SMARTS) is 1. The summed E-state index contributed by atoms with van der Waals surface area (Å²) in [6.45, 7) is 6.33. The maximum absolute atomic E-state index is 12.1. The van der Waals surface area contributed by atoms with Crippen molar-refractivity contribution in [1.82, 2.24) is 10.2 Å². The number of nitrogens with one attached hydrogen (secondary N) is 1. The molecule has 0 bridgehead atoms. The molecule has 7 nitrogen and oxygen atoms in total. The zero-order valence-corrected chi connectivity index (χ0v) is 12.4. The minimum Gasteiger partial charge on any atom is -0.480 e. The summed E-state index contributed by atoms with van der Waals surface area (Å²) in [4.78, 5) is 35.4. The van der Waals surface area contributed by atoms with E-state index in [1.54, 1.807) is 4.90 Å². The highest BCUT2D eigenvalue weighted by molar-refractivity contribution is 5.87. The standard InChI is InChI=1S/C13H25N3O4/c1-4-5-6-7-16(9(2)3)13(20)15-10(12(18)19)8-11(14)17/h9-10H,4-8H2,1-3H3,(H2,14,17)(H,15,20)(H,18,19)/t10-/m0/s1. The van der Waals surface area contributed by atoms with Gasteiger partial charge in [0.15, 0.2) is 0 Å². The van der Waals surface area contributed by atoms with E-state index in [4.69, 9.17) is 10.8 Å². The van der Waals surface area contributed by atoms with Crippen LogP contribution in [0.5, 0.6) is 0 Å². The lowest BCUT2D eigenvalue weighted by Crippen LogP contribution is -2.51. The van der Waals surface area contributed by atoms with Crippen molar-refractivity contribution in [3.63, 3.8) is 0 Å². The first-order valence-corrected chi connectivity index (χ1v) is 6.87. The highest BCUT2D eigenvalue weighted by Crippen LogP contribution is 2.05. The number of nitrogens with two attached hydrogens (primary N) is 1. The second-order valence-corrected chi connectivity index (χ2v) is 5.00. The molecule has 0 rings (SSSR count). The Morgan fingerprint density at radius 3 is 2.25 bits per heavy atom. The SMILES string of the molecule is CCCCCN(C(=O)N[C@@H](CC(N)=O)C(=O)O)C(C)C. The fourth-order valence-electron chi connectivity index (χ4n) is 1.76. The lowest BCUT2D eigenvalue weighted by molar-refractivity contribution is -0.141. The molecule has 3 amide bonds. The minimum atomic E-state index is -1.28. The molecule has 0 aromatic rings. The Labute approximate surface area is 119 Å². The van der Waals surface area contributed by atoms with Crippen molar-refractivity contribution in [3.8, 4) is 0 Å². The number of urea groups is 1. The molecule has 0 aromatic carbocycles. The maximum Gasteiger partial charge on any atom is 0.326 e. The molecule has 0 saturated heterocycles. The van der Waals surface area contributed by atoms with Crippen LogP contribution in [0.2, 0.25) is 0 Å². The zero-order chi connectivity index (χ0) is 15.7. The van der Waals surface area contributed by atoms with Gasteiger partial charge in [-0.3, -0.25) is 4.79 Å². The molecule has 0 aromatic heterocycles. The lowest BCUT2D eigenvalue weighted by atomic mass is 10.2. The highest BCUT2D eigenvalue weighted by Gasteiger charge is 2.25. The van der Waals surface area contributed by atoms with E-state index >= 15 is 0 Å². The summed E-state index contributed by atoms with van der Waals surface area (Å²) in [7, 11) is 0. The van der Waals surface area contributed by atoms with Crippen molar-refractivity contribution in [2.45, 2.75) is 58.5 Å². The van der Waals surface area contributed by atoms with E-state index in [-0.39, 0.29) is 6.04 Å². The number of aliphatic carboxylic acids is 1. The van der Waals surface area contributed by atoms with E-state index in [1.807, 2.05) is 13.8 Å². The van der Waals surface area contributed by atoms with Gasteiger partial charge in [-0.25, -0.2) is 9.59 Å². The highest BCUT2D eigenvalue weighted by atomic mass is 16.4. The van der Waals surface area contributed by atoms with Gasteiger partial charge in [0.1, 0.15) is 6.04 Å². The normalized spacial score (nSPS) is 12.0. The Morgan fingerprint density at radius 2 is 1.85 bits per heavy atom. The predicted molar refractivity (Wildman–Crippen MR) is 75.1 cm³/mol. The fraction of sp³-hybridized carbons (Fsp3) is 0.769. The summed E-state index contributed by atoms with van der Waals surface area (Å²) in [6, 6.07) is -1.81. The van der Waals surface area contributed by atoms with E-state index in [9.17, 15) is 14.4 Å². The third-order valence-electron chi connectivity index (χ3n) is 2.89. The molecule has 20 heavy (non-hydrogen) atoms. The first-order chi connectivity index (χ1) is 9.29. The van der Waals surface area contributed by atoms with Gasteiger partial charge in [0.05, 0.1) is 6.42 Å². The number of unbranched alkanes of at least 4 members (excludes halogenated alkanes) is 2. The number of carbonyl (C=O) groups excluding carboxylic acids is 2. The molecule has 0 aliphatic heterocycles. The summed E-state index contributed by atoms with van der Waals surface area (Å²) in [5.41, 5.74) is 4.97. The van der Waals surface area contributed by atoms with Crippen LogP contribution in [0.25, 0.3) is 0 Å². The van der Waals surface area contributed by atoms with Crippen molar-refractivity contribution in [3.05, 3.63) is 0 Å². The second-order valence-electron chi connectivity index (χ2n) is 5.00. The third kappa shape index (κ3) is 6.96. The van der Waals surface area contributed by atoms with Crippen LogP contribution < -0.4 is 11.1 Å². The van der Waals surface area contributed by atoms with Gasteiger partial charge >= 0.3 is 12.0 Å². The molecular formula is C13H25N3O4. The average Bonchev–Trinajstić information content (AvgIpc) is 2.32. The van der Waals surface area contributed by atoms with Crippen LogP contribution in [0.3, 0.4) is 0 Å². The van der Waals surface area contributed by atoms with Crippen LogP contribution in [-0.4, -0.2) is 46.5 Å². The molecule has 7 heteroatoms. The quantitative estimate of drug-likeness (QED) is 0.547. The molecular weight excluding hydrogens is 262 g/mol. The zero-order valence-electron chi connectivity index (χ0n) is 12.4. The smallest absolute Gasteiger partial charge is 0.326 e. The summed E-state index contributed by atoms with van der Waals surface area (Å²) >= 11 is 0. The molecule has 4 N–H and O–H groups in total. The Hall–Kier alpha value is -1.79. The molecule has 116 valence electrons. The largest absolute Gasteiger partial charge is 0.480 e. The van der Waals surface area contributed by atoms with Crippen LogP contribution in [0.4, 0.5) is 4.79 Å². The predicted octanol–water partition coefficient (Wildman–Crippen LogP) is 0.925. The molecule has 0 aliphatic rings. The van der Waals surface area contributed by atoms with Crippen LogP contribution in [0.1, 0.15) is 46.5 Å². The van der Waals surface area contributed by atoms with Crippen molar-refractivity contribution in [2.24, 2.45) is 5.73 Å². The van der Waals surface area contributed by atoms with Crippen LogP contribution in [0, 0.1) is 0 Å². The van der Waals surface area contributed by atoms with Gasteiger partial charge in [0.25, 0.3) is 0 Å². The van der Waals surface area contributed by atoms with Gasteiger partial charge in [-0.05, 0) is 20.3 Å². The minimum absolute atomic E-state index is 0.0464. The van der Waals surface area contributed by atoms with E-state index in [2.05, 4.69) is 12.2 Å². The summed E-state index contributed by atoms with van der Waals surface area (Å²) in [5.74, 6) is -2.03. The van der Waals surface area contributed by atoms with Gasteiger partial charge in [0, 0.05) is 12.6 Å². The van der Waals surface area contributed by atoms with Crippen molar-refractivity contribution >= 4 is 17.9 Å². The first-order valence-electron chi connectivity index (χ1n) is 6.87. The molecule has 0 saturated carbocycles. The topological polar surface area (TPSA) is 113 Å². The first kappa shape index (κ1) is 18.2. The van der Waals surface area contributed by atoms with Gasteiger partial charge in [-0.15, -0.1) is 0 Å². The van der Waals surface area contributed by atoms with Gasteiger partial charge in [0.2, 0.25) is 5.91 Å². The number of amides is 3. The monoisotopic (exact) mass is 287 g/mol. The maximum atomic E-state index is 12.1. The Morgan fingerprint density at radius 1 is 1.25 bits per heavy atom. The lowest BCUT2D eigenvalue weighted by Gasteiger charge is -2.28. The van der Waals surface area contributed by atoms with Crippen molar-refractivity contribution in [1.29, 1.82) is 0 Å². The van der Waals surface area contributed by atoms with E-state index in [0.717, 1.165) is 19.3 Å². The molecule has 0 spiro atoms. The van der Waals surface area contributed by atoms with Crippen LogP contribution in [-0.2, 0) is 9.59 Å². The Balaban J connectivity index is 4.62. The molecule has 0 radical (unpaired) electrons. The number of nitrogens with zero attached hydrogens (tertiary/aromatic N) is 1. The van der Waals surface area contributed by atoms with Crippen molar-refractivity contribution in [2.75, 3.05) is 6.54 Å². The second kappa shape index (κ2) is 9.17. The Bertz CT molecular complexity index is 345. The number of rotatable bonds is 9. The van der Waals surface area contributed by atoms with E-state index < -0.39 is 30.4 Å². The van der Waals surface area contributed by atoms with Crippen LogP contribution >= 0.6 is 0 Å².